The lowest BCUT2D eigenvalue weighted by molar-refractivity contribution is -0.153. The minimum atomic E-state index is 0.0437. The first-order valence-corrected chi connectivity index (χ1v) is 7.94. The van der Waals surface area contributed by atoms with E-state index in [4.69, 9.17) is 0 Å². The second kappa shape index (κ2) is 4.86. The lowest BCUT2D eigenvalue weighted by Gasteiger charge is -2.31. The van der Waals surface area contributed by atoms with Gasteiger partial charge in [0.1, 0.15) is 0 Å². The van der Waals surface area contributed by atoms with Crippen molar-refractivity contribution in [1.82, 2.24) is 4.90 Å². The maximum atomic E-state index is 12.5. The van der Waals surface area contributed by atoms with Gasteiger partial charge in [0.05, 0.1) is 6.54 Å². The van der Waals surface area contributed by atoms with Crippen LogP contribution in [0.5, 0.6) is 0 Å². The second-order valence-electron chi connectivity index (χ2n) is 6.45. The summed E-state index contributed by atoms with van der Waals surface area (Å²) in [6.07, 6.45) is 4.76. The molecule has 4 nitrogen and oxygen atoms in total. The van der Waals surface area contributed by atoms with E-state index in [0.29, 0.717) is 6.54 Å². The predicted octanol–water partition coefficient (Wildman–Crippen LogP) is 2.33. The molecule has 2 heterocycles. The molecule has 1 saturated carbocycles. The zero-order valence-electron chi connectivity index (χ0n) is 12.1. The topological polar surface area (TPSA) is 49.4 Å². The van der Waals surface area contributed by atoms with Gasteiger partial charge in [-0.05, 0) is 43.2 Å². The Bertz CT molecular complexity index is 589. The quantitative estimate of drug-likeness (QED) is 0.848. The number of carbonyl (C=O) groups is 2. The maximum Gasteiger partial charge on any atom is 0.232 e. The zero-order chi connectivity index (χ0) is 14.4. The molecule has 0 radical (unpaired) electrons. The van der Waals surface area contributed by atoms with E-state index in [-0.39, 0.29) is 23.7 Å². The number of imide groups is 1. The third kappa shape index (κ3) is 2.04. The number of benzene rings is 1. The molecule has 1 N–H and O–H groups in total. The van der Waals surface area contributed by atoms with Gasteiger partial charge in [0.25, 0.3) is 0 Å². The number of likely N-dealkylation sites (tertiary alicyclic amines) is 1. The first-order valence-electron chi connectivity index (χ1n) is 7.94. The summed E-state index contributed by atoms with van der Waals surface area (Å²) in [5, 5.41) is 3.44. The SMILES string of the molecule is O=C1C2CCC(C2)C(=O)N1Cc1cccc2c1NCCC2. The molecule has 1 aromatic rings. The number of amides is 2. The highest BCUT2D eigenvalue weighted by Crippen LogP contribution is 2.39. The number of para-hydroxylation sites is 1. The fourth-order valence-electron chi connectivity index (χ4n) is 4.02. The number of hydrogen-bond donors (Lipinski definition) is 1. The van der Waals surface area contributed by atoms with Gasteiger partial charge in [-0.3, -0.25) is 14.5 Å². The van der Waals surface area contributed by atoms with Gasteiger partial charge in [0.15, 0.2) is 0 Å². The number of anilines is 1. The van der Waals surface area contributed by atoms with Gasteiger partial charge in [-0.25, -0.2) is 0 Å². The molecule has 2 fully saturated rings. The van der Waals surface area contributed by atoms with Crippen LogP contribution in [-0.2, 0) is 22.6 Å². The number of nitrogens with one attached hydrogen (secondary N) is 1. The summed E-state index contributed by atoms with van der Waals surface area (Å²) in [4.78, 5) is 26.4. The summed E-state index contributed by atoms with van der Waals surface area (Å²) in [7, 11) is 0. The van der Waals surface area contributed by atoms with Gasteiger partial charge < -0.3 is 5.32 Å². The fourth-order valence-corrected chi connectivity index (χ4v) is 4.02. The normalized spacial score (nSPS) is 27.5. The molecule has 3 aliphatic rings. The average molecular weight is 284 g/mol. The smallest absolute Gasteiger partial charge is 0.232 e. The summed E-state index contributed by atoms with van der Waals surface area (Å²) in [5.74, 6) is 0.254. The number of rotatable bonds is 2. The van der Waals surface area contributed by atoms with Gasteiger partial charge in [-0.1, -0.05) is 18.2 Å². The largest absolute Gasteiger partial charge is 0.385 e. The number of fused-ring (bicyclic) bond motifs is 3. The van der Waals surface area contributed by atoms with Gasteiger partial charge >= 0.3 is 0 Å². The van der Waals surface area contributed by atoms with Crippen molar-refractivity contribution in [2.45, 2.75) is 38.6 Å². The van der Waals surface area contributed by atoms with Crippen LogP contribution in [0, 0.1) is 11.8 Å². The van der Waals surface area contributed by atoms with Gasteiger partial charge in [0, 0.05) is 24.1 Å². The van der Waals surface area contributed by atoms with Gasteiger partial charge in [-0.2, -0.15) is 0 Å². The molecule has 1 aromatic carbocycles. The Balaban J connectivity index is 1.64. The Morgan fingerprint density at radius 2 is 1.90 bits per heavy atom. The third-order valence-electron chi connectivity index (χ3n) is 5.15. The minimum absolute atomic E-state index is 0.0437. The molecule has 2 amide bonds. The Hall–Kier alpha value is -1.84. The molecule has 2 bridgehead atoms. The van der Waals surface area contributed by atoms with Crippen LogP contribution in [0.25, 0.3) is 0 Å². The minimum Gasteiger partial charge on any atom is -0.385 e. The molecule has 2 atom stereocenters. The second-order valence-corrected chi connectivity index (χ2v) is 6.45. The molecule has 0 aromatic heterocycles. The lowest BCUT2D eigenvalue weighted by atomic mass is 9.95. The molecule has 110 valence electrons. The van der Waals surface area contributed by atoms with Crippen molar-refractivity contribution >= 4 is 17.5 Å². The van der Waals surface area contributed by atoms with Crippen molar-refractivity contribution in [2.75, 3.05) is 11.9 Å². The van der Waals surface area contributed by atoms with E-state index in [1.165, 1.54) is 10.5 Å². The molecular formula is C17H20N2O2. The van der Waals surface area contributed by atoms with Crippen molar-refractivity contribution in [3.63, 3.8) is 0 Å². The third-order valence-corrected chi connectivity index (χ3v) is 5.15. The molecule has 21 heavy (non-hydrogen) atoms. The number of nitrogens with zero attached hydrogens (tertiary/aromatic N) is 1. The van der Waals surface area contributed by atoms with E-state index < -0.39 is 0 Å². The highest BCUT2D eigenvalue weighted by Gasteiger charge is 2.45. The fraction of sp³-hybridized carbons (Fsp3) is 0.529. The van der Waals surface area contributed by atoms with Crippen LogP contribution in [0.3, 0.4) is 0 Å². The molecule has 2 aliphatic heterocycles. The highest BCUT2D eigenvalue weighted by atomic mass is 16.2. The van der Waals surface area contributed by atoms with E-state index >= 15 is 0 Å². The summed E-state index contributed by atoms with van der Waals surface area (Å²) < 4.78 is 0. The van der Waals surface area contributed by atoms with E-state index in [1.807, 2.05) is 12.1 Å². The van der Waals surface area contributed by atoms with E-state index in [1.54, 1.807) is 0 Å². The van der Waals surface area contributed by atoms with Crippen LogP contribution in [0.2, 0.25) is 0 Å². The Morgan fingerprint density at radius 1 is 1.14 bits per heavy atom. The zero-order valence-corrected chi connectivity index (χ0v) is 12.1. The number of carbonyl (C=O) groups excluding carboxylic acids is 2. The van der Waals surface area contributed by atoms with Gasteiger partial charge in [-0.15, -0.1) is 0 Å². The van der Waals surface area contributed by atoms with Crippen LogP contribution >= 0.6 is 0 Å². The molecular weight excluding hydrogens is 264 g/mol. The Kier molecular flexibility index (Phi) is 2.98. The number of aryl methyl sites for hydroxylation is 1. The first-order chi connectivity index (χ1) is 10.2. The standard InChI is InChI=1S/C17H20N2O2/c20-16-12-6-7-13(9-12)17(21)19(16)10-14-4-1-3-11-5-2-8-18-15(11)14/h1,3-4,12-13,18H,2,5-10H2. The average Bonchev–Trinajstić information content (AvgIpc) is 2.97. The van der Waals surface area contributed by atoms with Crippen molar-refractivity contribution < 1.29 is 9.59 Å². The first kappa shape index (κ1) is 12.9. The molecule has 0 spiro atoms. The van der Waals surface area contributed by atoms with Crippen molar-refractivity contribution in [3.8, 4) is 0 Å². The summed E-state index contributed by atoms with van der Waals surface area (Å²) >= 11 is 0. The van der Waals surface area contributed by atoms with Crippen molar-refractivity contribution in [3.05, 3.63) is 29.3 Å². The monoisotopic (exact) mass is 284 g/mol. The Labute approximate surface area is 124 Å². The highest BCUT2D eigenvalue weighted by molar-refractivity contribution is 6.00. The maximum absolute atomic E-state index is 12.5. The molecule has 2 unspecified atom stereocenters. The van der Waals surface area contributed by atoms with E-state index in [9.17, 15) is 9.59 Å². The van der Waals surface area contributed by atoms with Crippen LogP contribution < -0.4 is 5.32 Å². The van der Waals surface area contributed by atoms with E-state index in [0.717, 1.165) is 49.9 Å². The number of hydrogen-bond acceptors (Lipinski definition) is 3. The summed E-state index contributed by atoms with van der Waals surface area (Å²) in [6.45, 7) is 1.40. The van der Waals surface area contributed by atoms with Gasteiger partial charge in [0.2, 0.25) is 11.8 Å². The molecule has 1 saturated heterocycles. The van der Waals surface area contributed by atoms with Crippen molar-refractivity contribution in [2.24, 2.45) is 11.8 Å². The molecule has 4 rings (SSSR count). The lowest BCUT2D eigenvalue weighted by Crippen LogP contribution is -2.45. The van der Waals surface area contributed by atoms with Crippen LogP contribution in [0.15, 0.2) is 18.2 Å². The Morgan fingerprint density at radius 3 is 2.67 bits per heavy atom. The number of piperidine rings is 1. The molecule has 4 heteroatoms. The van der Waals surface area contributed by atoms with Crippen LogP contribution in [-0.4, -0.2) is 23.3 Å². The predicted molar refractivity (Wildman–Crippen MR) is 79.6 cm³/mol. The van der Waals surface area contributed by atoms with Crippen LogP contribution in [0.4, 0.5) is 5.69 Å². The van der Waals surface area contributed by atoms with Crippen molar-refractivity contribution in [1.29, 1.82) is 0 Å². The summed E-state index contributed by atoms with van der Waals surface area (Å²) in [5.41, 5.74) is 3.52. The van der Waals surface area contributed by atoms with Crippen LogP contribution in [0.1, 0.15) is 36.8 Å². The van der Waals surface area contributed by atoms with E-state index in [2.05, 4.69) is 11.4 Å². The summed E-state index contributed by atoms with van der Waals surface area (Å²) in [6, 6.07) is 6.21. The molecule has 1 aliphatic carbocycles.